The van der Waals surface area contributed by atoms with Crippen LogP contribution in [0.15, 0.2) is 49.9 Å². The van der Waals surface area contributed by atoms with Gasteiger partial charge >= 0.3 is 5.63 Å². The Morgan fingerprint density at radius 1 is 1.24 bits per heavy atom. The second kappa shape index (κ2) is 5.80. The first-order valence-electron chi connectivity index (χ1n) is 6.18. The Morgan fingerprint density at radius 2 is 2.05 bits per heavy atom. The maximum atomic E-state index is 11.7. The minimum atomic E-state index is -0.550. The van der Waals surface area contributed by atoms with Crippen molar-refractivity contribution < 1.29 is 4.52 Å². The monoisotopic (exact) mass is 301 g/mol. The summed E-state index contributed by atoms with van der Waals surface area (Å²) in [6.45, 7) is 1.82. The van der Waals surface area contributed by atoms with E-state index in [-0.39, 0.29) is 5.69 Å². The van der Waals surface area contributed by atoms with Crippen LogP contribution in [0.2, 0.25) is 0 Å². The highest BCUT2D eigenvalue weighted by Gasteiger charge is 2.12. The zero-order valence-electron chi connectivity index (χ0n) is 11.1. The molecule has 0 aliphatic heterocycles. The number of H-pyrrole nitrogens is 1. The summed E-state index contributed by atoms with van der Waals surface area (Å²) in [7, 11) is 0. The van der Waals surface area contributed by atoms with Gasteiger partial charge in [-0.3, -0.25) is 0 Å². The highest BCUT2D eigenvalue weighted by atomic mass is 32.1. The van der Waals surface area contributed by atoms with E-state index in [1.54, 1.807) is 0 Å². The maximum absolute atomic E-state index is 11.7. The first-order chi connectivity index (χ1) is 10.2. The van der Waals surface area contributed by atoms with Crippen molar-refractivity contribution in [2.45, 2.75) is 13.3 Å². The van der Waals surface area contributed by atoms with Gasteiger partial charge in [-0.2, -0.15) is 0 Å². The number of nitrogens with zero attached hydrogens (tertiary/aromatic N) is 4. The molecule has 106 valence electrons. The zero-order chi connectivity index (χ0) is 14.7. The van der Waals surface area contributed by atoms with Gasteiger partial charge in [0.1, 0.15) is 5.01 Å². The van der Waals surface area contributed by atoms with E-state index in [1.807, 2.05) is 37.3 Å². The van der Waals surface area contributed by atoms with Gasteiger partial charge in [-0.15, -0.1) is 20.4 Å². The van der Waals surface area contributed by atoms with Gasteiger partial charge in [-0.25, -0.2) is 9.95 Å². The zero-order valence-corrected chi connectivity index (χ0v) is 11.9. The van der Waals surface area contributed by atoms with Crippen molar-refractivity contribution in [2.24, 2.45) is 10.2 Å². The molecule has 7 nitrogen and oxygen atoms in total. The maximum Gasteiger partial charge on any atom is 0.384 e. The SMILES string of the molecule is Cc1nnc(N=Nc2c(Cc3ccccc3)[nH]oc2=O)s1. The molecule has 0 radical (unpaired) electrons. The highest BCUT2D eigenvalue weighted by Crippen LogP contribution is 2.22. The highest BCUT2D eigenvalue weighted by molar-refractivity contribution is 7.14. The minimum absolute atomic E-state index is 0.159. The largest absolute Gasteiger partial charge is 0.384 e. The molecule has 0 saturated heterocycles. The molecule has 21 heavy (non-hydrogen) atoms. The van der Waals surface area contributed by atoms with Crippen molar-refractivity contribution in [2.75, 3.05) is 0 Å². The molecule has 0 aliphatic carbocycles. The quantitative estimate of drug-likeness (QED) is 0.749. The second-order valence-electron chi connectivity index (χ2n) is 4.28. The fourth-order valence-corrected chi connectivity index (χ4v) is 2.28. The molecular weight excluding hydrogens is 290 g/mol. The smallest absolute Gasteiger partial charge is 0.336 e. The standard InChI is InChI=1S/C13H11N5O2S/c1-8-14-16-13(21-8)17-15-11-10(18-20-12(11)19)7-9-5-3-2-4-6-9/h2-6,18H,7H2,1H3. The number of aryl methyl sites for hydroxylation is 1. The van der Waals surface area contributed by atoms with Crippen LogP contribution in [0.3, 0.4) is 0 Å². The van der Waals surface area contributed by atoms with E-state index in [0.717, 1.165) is 10.6 Å². The molecule has 0 aliphatic rings. The molecule has 2 heterocycles. The average molecular weight is 301 g/mol. The van der Waals surface area contributed by atoms with Crippen LogP contribution < -0.4 is 5.63 Å². The predicted molar refractivity (Wildman–Crippen MR) is 77.4 cm³/mol. The third-order valence-corrected chi connectivity index (χ3v) is 3.44. The van der Waals surface area contributed by atoms with Crippen molar-refractivity contribution in [3.05, 3.63) is 57.0 Å². The summed E-state index contributed by atoms with van der Waals surface area (Å²) in [4.78, 5) is 11.7. The number of benzene rings is 1. The molecule has 2 aromatic heterocycles. The van der Waals surface area contributed by atoms with Crippen LogP contribution >= 0.6 is 11.3 Å². The molecule has 8 heteroatoms. The third-order valence-electron chi connectivity index (χ3n) is 2.72. The van der Waals surface area contributed by atoms with E-state index in [2.05, 4.69) is 25.6 Å². The second-order valence-corrected chi connectivity index (χ2v) is 5.44. The van der Waals surface area contributed by atoms with Crippen LogP contribution in [-0.4, -0.2) is 15.4 Å². The van der Waals surface area contributed by atoms with Gasteiger partial charge in [0.25, 0.3) is 5.13 Å². The van der Waals surface area contributed by atoms with E-state index in [0.29, 0.717) is 17.2 Å². The van der Waals surface area contributed by atoms with Crippen LogP contribution in [0.4, 0.5) is 10.8 Å². The summed E-state index contributed by atoms with van der Waals surface area (Å²) in [5.74, 6) is 0. The van der Waals surface area contributed by atoms with Crippen LogP contribution in [-0.2, 0) is 6.42 Å². The topological polar surface area (TPSA) is 96.5 Å². The summed E-state index contributed by atoms with van der Waals surface area (Å²) in [5, 5.41) is 19.3. The van der Waals surface area contributed by atoms with E-state index >= 15 is 0 Å². The molecule has 1 aromatic carbocycles. The minimum Gasteiger partial charge on any atom is -0.336 e. The summed E-state index contributed by atoms with van der Waals surface area (Å²) in [5.41, 5.74) is 1.23. The van der Waals surface area contributed by atoms with Gasteiger partial charge in [0.2, 0.25) is 0 Å². The third kappa shape index (κ3) is 3.11. The number of aromatic nitrogens is 3. The molecule has 0 fully saturated rings. The fourth-order valence-electron chi connectivity index (χ4n) is 1.77. The Morgan fingerprint density at radius 3 is 2.76 bits per heavy atom. The van der Waals surface area contributed by atoms with E-state index in [4.69, 9.17) is 4.52 Å². The van der Waals surface area contributed by atoms with E-state index in [9.17, 15) is 4.79 Å². The lowest BCUT2D eigenvalue weighted by Gasteiger charge is -1.97. The number of azo groups is 1. The van der Waals surface area contributed by atoms with Gasteiger partial charge < -0.3 is 4.52 Å². The van der Waals surface area contributed by atoms with Crippen LogP contribution in [0, 0.1) is 6.92 Å². The number of aromatic amines is 1. The van der Waals surface area contributed by atoms with Gasteiger partial charge in [0, 0.05) is 6.42 Å². The number of rotatable bonds is 4. The Balaban J connectivity index is 1.87. The summed E-state index contributed by atoms with van der Waals surface area (Å²) < 4.78 is 4.79. The van der Waals surface area contributed by atoms with Crippen LogP contribution in [0.25, 0.3) is 0 Å². The molecule has 0 saturated carbocycles. The first-order valence-corrected chi connectivity index (χ1v) is 7.00. The summed E-state index contributed by atoms with van der Waals surface area (Å²) >= 11 is 1.30. The van der Waals surface area contributed by atoms with Crippen molar-refractivity contribution in [3.63, 3.8) is 0 Å². The lowest BCUT2D eigenvalue weighted by molar-refractivity contribution is 0.386. The van der Waals surface area contributed by atoms with E-state index in [1.165, 1.54) is 11.3 Å². The lowest BCUT2D eigenvalue weighted by Crippen LogP contribution is -1.93. The Bertz CT molecular complexity index is 818. The van der Waals surface area contributed by atoms with Gasteiger partial charge in [-0.05, 0) is 12.5 Å². The number of hydrogen-bond donors (Lipinski definition) is 1. The van der Waals surface area contributed by atoms with Crippen molar-refractivity contribution >= 4 is 22.2 Å². The molecule has 0 atom stereocenters. The molecule has 1 N–H and O–H groups in total. The molecule has 3 rings (SSSR count). The molecule has 0 bridgehead atoms. The van der Waals surface area contributed by atoms with Crippen molar-refractivity contribution in [1.29, 1.82) is 0 Å². The Labute approximate surface area is 123 Å². The molecule has 3 aromatic rings. The first kappa shape index (κ1) is 13.4. The Hall–Kier alpha value is -2.61. The van der Waals surface area contributed by atoms with E-state index < -0.39 is 5.63 Å². The van der Waals surface area contributed by atoms with Crippen LogP contribution in [0.5, 0.6) is 0 Å². The predicted octanol–water partition coefficient (Wildman–Crippen LogP) is 3.13. The average Bonchev–Trinajstić information content (AvgIpc) is 3.05. The number of hydrogen-bond acceptors (Lipinski definition) is 7. The molecule has 0 amide bonds. The Kier molecular flexibility index (Phi) is 3.69. The normalized spacial score (nSPS) is 11.3. The summed E-state index contributed by atoms with van der Waals surface area (Å²) in [6.07, 6.45) is 0.510. The number of nitrogens with one attached hydrogen (secondary N) is 1. The molecular formula is C13H11N5O2S. The van der Waals surface area contributed by atoms with Gasteiger partial charge in [-0.1, -0.05) is 41.7 Å². The molecule has 0 unspecified atom stereocenters. The molecule has 0 spiro atoms. The van der Waals surface area contributed by atoms with Gasteiger partial charge in [0.05, 0.1) is 5.69 Å². The van der Waals surface area contributed by atoms with Crippen molar-refractivity contribution in [3.8, 4) is 0 Å². The van der Waals surface area contributed by atoms with Crippen LogP contribution in [0.1, 0.15) is 16.3 Å². The van der Waals surface area contributed by atoms with Gasteiger partial charge in [0.15, 0.2) is 5.69 Å². The lowest BCUT2D eigenvalue weighted by atomic mass is 10.1. The van der Waals surface area contributed by atoms with Crippen molar-refractivity contribution in [1.82, 2.24) is 15.4 Å². The fraction of sp³-hybridized carbons (Fsp3) is 0.154. The summed E-state index contributed by atoms with van der Waals surface area (Å²) in [6, 6.07) is 9.71.